The van der Waals surface area contributed by atoms with Gasteiger partial charge < -0.3 is 9.72 Å². The number of aromatic amines is 1. The average molecular weight is 243 g/mol. The molecule has 1 atom stereocenters. The van der Waals surface area contributed by atoms with Crippen LogP contribution >= 0.6 is 11.3 Å². The summed E-state index contributed by atoms with van der Waals surface area (Å²) in [5.41, 5.74) is 2.35. The minimum atomic E-state index is 0.0196. The first kappa shape index (κ1) is 10.6. The van der Waals surface area contributed by atoms with Crippen LogP contribution in [0.15, 0.2) is 48.0 Å². The first-order valence-electron chi connectivity index (χ1n) is 5.52. The molecule has 3 heteroatoms. The molecule has 1 aromatic carbocycles. The Balaban J connectivity index is 2.13. The predicted octanol–water partition coefficient (Wildman–Crippen LogP) is 3.97. The molecule has 86 valence electrons. The van der Waals surface area contributed by atoms with Crippen LogP contribution in [-0.2, 0) is 4.74 Å². The van der Waals surface area contributed by atoms with E-state index in [0.717, 1.165) is 5.52 Å². The summed E-state index contributed by atoms with van der Waals surface area (Å²) in [6, 6.07) is 12.5. The minimum Gasteiger partial charge on any atom is -0.371 e. The van der Waals surface area contributed by atoms with Crippen LogP contribution < -0.4 is 0 Å². The molecule has 0 bridgehead atoms. The molecule has 0 aliphatic rings. The van der Waals surface area contributed by atoms with Gasteiger partial charge in [-0.15, -0.1) is 11.3 Å². The third-order valence-electron chi connectivity index (χ3n) is 2.94. The van der Waals surface area contributed by atoms with Crippen LogP contribution in [0.4, 0.5) is 0 Å². The molecule has 0 amide bonds. The van der Waals surface area contributed by atoms with E-state index in [0.29, 0.717) is 0 Å². The zero-order valence-electron chi connectivity index (χ0n) is 9.51. The summed E-state index contributed by atoms with van der Waals surface area (Å²) < 4.78 is 5.64. The van der Waals surface area contributed by atoms with E-state index in [-0.39, 0.29) is 6.10 Å². The maximum Gasteiger partial charge on any atom is 0.118 e. The Hall–Kier alpha value is -1.58. The summed E-state index contributed by atoms with van der Waals surface area (Å²) in [5, 5.41) is 3.31. The van der Waals surface area contributed by atoms with Crippen LogP contribution in [0.1, 0.15) is 16.5 Å². The van der Waals surface area contributed by atoms with Crippen molar-refractivity contribution in [2.24, 2.45) is 0 Å². The fraction of sp³-hybridized carbons (Fsp3) is 0.143. The fourth-order valence-electron chi connectivity index (χ4n) is 2.15. The number of nitrogens with one attached hydrogen (secondary N) is 1. The second-order valence-corrected chi connectivity index (χ2v) is 4.90. The van der Waals surface area contributed by atoms with Crippen molar-refractivity contribution in [1.82, 2.24) is 4.98 Å². The smallest absolute Gasteiger partial charge is 0.118 e. The topological polar surface area (TPSA) is 25.0 Å². The quantitative estimate of drug-likeness (QED) is 0.740. The van der Waals surface area contributed by atoms with E-state index in [1.807, 2.05) is 12.3 Å². The molecule has 0 fully saturated rings. The number of aromatic nitrogens is 1. The molecule has 2 aromatic heterocycles. The maximum atomic E-state index is 5.64. The zero-order chi connectivity index (χ0) is 11.7. The summed E-state index contributed by atoms with van der Waals surface area (Å²) in [7, 11) is 1.76. The fourth-order valence-corrected chi connectivity index (χ4v) is 2.97. The summed E-state index contributed by atoms with van der Waals surface area (Å²) in [6.45, 7) is 0. The standard InChI is InChI=1S/C14H13NOS/c1-16-14(13-7-4-8-17-13)11-9-15-12-6-3-2-5-10(11)12/h2-9,14-15H,1H3. The largest absolute Gasteiger partial charge is 0.371 e. The number of benzene rings is 1. The van der Waals surface area contributed by atoms with Gasteiger partial charge in [0.2, 0.25) is 0 Å². The molecular formula is C14H13NOS. The molecule has 0 saturated carbocycles. The lowest BCUT2D eigenvalue weighted by Crippen LogP contribution is -2.00. The van der Waals surface area contributed by atoms with E-state index in [9.17, 15) is 0 Å². The van der Waals surface area contributed by atoms with Gasteiger partial charge in [0.15, 0.2) is 0 Å². The highest BCUT2D eigenvalue weighted by molar-refractivity contribution is 7.10. The minimum absolute atomic E-state index is 0.0196. The van der Waals surface area contributed by atoms with E-state index in [2.05, 4.69) is 40.7 Å². The van der Waals surface area contributed by atoms with Gasteiger partial charge >= 0.3 is 0 Å². The Kier molecular flexibility index (Phi) is 2.71. The van der Waals surface area contributed by atoms with E-state index in [4.69, 9.17) is 4.74 Å². The van der Waals surface area contributed by atoms with Crippen molar-refractivity contribution in [3.05, 3.63) is 58.4 Å². The summed E-state index contributed by atoms with van der Waals surface area (Å²) in [6.07, 6.45) is 2.06. The molecule has 3 aromatic rings. The molecule has 0 saturated heterocycles. The van der Waals surface area contributed by atoms with Crippen molar-refractivity contribution in [3.8, 4) is 0 Å². The third-order valence-corrected chi connectivity index (χ3v) is 3.86. The van der Waals surface area contributed by atoms with Gasteiger partial charge in [-0.2, -0.15) is 0 Å². The molecule has 1 unspecified atom stereocenters. The number of rotatable bonds is 3. The van der Waals surface area contributed by atoms with Crippen molar-refractivity contribution >= 4 is 22.2 Å². The van der Waals surface area contributed by atoms with Gasteiger partial charge in [-0.3, -0.25) is 0 Å². The number of hydrogen-bond donors (Lipinski definition) is 1. The molecular weight excluding hydrogens is 230 g/mol. The Morgan fingerprint density at radius 2 is 2.06 bits per heavy atom. The van der Waals surface area contributed by atoms with Crippen molar-refractivity contribution in [2.75, 3.05) is 7.11 Å². The van der Waals surface area contributed by atoms with Crippen LogP contribution in [0.5, 0.6) is 0 Å². The third kappa shape index (κ3) is 1.77. The lowest BCUT2D eigenvalue weighted by molar-refractivity contribution is 0.140. The van der Waals surface area contributed by atoms with Crippen LogP contribution in [0.3, 0.4) is 0 Å². The van der Waals surface area contributed by atoms with Crippen molar-refractivity contribution in [1.29, 1.82) is 0 Å². The molecule has 0 radical (unpaired) electrons. The number of methoxy groups -OCH3 is 1. The van der Waals surface area contributed by atoms with Gasteiger partial charge in [-0.1, -0.05) is 24.3 Å². The number of hydrogen-bond acceptors (Lipinski definition) is 2. The van der Waals surface area contributed by atoms with E-state index < -0.39 is 0 Å². The average Bonchev–Trinajstić information content (AvgIpc) is 3.01. The second-order valence-electron chi connectivity index (χ2n) is 3.92. The van der Waals surface area contributed by atoms with Gasteiger partial charge in [-0.05, 0) is 17.5 Å². The van der Waals surface area contributed by atoms with E-state index in [1.165, 1.54) is 15.8 Å². The molecule has 17 heavy (non-hydrogen) atoms. The number of ether oxygens (including phenoxy) is 1. The lowest BCUT2D eigenvalue weighted by Gasteiger charge is -2.12. The van der Waals surface area contributed by atoms with Crippen molar-refractivity contribution < 1.29 is 4.74 Å². The van der Waals surface area contributed by atoms with E-state index >= 15 is 0 Å². The summed E-state index contributed by atoms with van der Waals surface area (Å²) in [4.78, 5) is 4.52. The Bertz CT molecular complexity index is 612. The van der Waals surface area contributed by atoms with Crippen LogP contribution in [0.25, 0.3) is 10.9 Å². The number of thiophene rings is 1. The zero-order valence-corrected chi connectivity index (χ0v) is 10.3. The summed E-state index contributed by atoms with van der Waals surface area (Å²) >= 11 is 1.72. The highest BCUT2D eigenvalue weighted by atomic mass is 32.1. The normalized spacial score (nSPS) is 13.0. The molecule has 3 rings (SSSR count). The summed E-state index contributed by atoms with van der Waals surface area (Å²) in [5.74, 6) is 0. The van der Waals surface area contributed by atoms with Crippen LogP contribution in [-0.4, -0.2) is 12.1 Å². The Morgan fingerprint density at radius 1 is 1.18 bits per heavy atom. The molecule has 1 N–H and O–H groups in total. The van der Waals surface area contributed by atoms with Gasteiger partial charge in [0.05, 0.1) is 0 Å². The highest BCUT2D eigenvalue weighted by Crippen LogP contribution is 2.33. The highest BCUT2D eigenvalue weighted by Gasteiger charge is 2.17. The molecule has 0 aliphatic heterocycles. The van der Waals surface area contributed by atoms with Gasteiger partial charge in [-0.25, -0.2) is 0 Å². The molecule has 2 heterocycles. The molecule has 0 aliphatic carbocycles. The Morgan fingerprint density at radius 3 is 2.82 bits per heavy atom. The number of para-hydroxylation sites is 1. The van der Waals surface area contributed by atoms with Crippen LogP contribution in [0, 0.1) is 0 Å². The van der Waals surface area contributed by atoms with Gasteiger partial charge in [0, 0.05) is 34.7 Å². The predicted molar refractivity (Wildman–Crippen MR) is 71.5 cm³/mol. The maximum absolute atomic E-state index is 5.64. The number of H-pyrrole nitrogens is 1. The first-order chi connectivity index (χ1) is 8.40. The van der Waals surface area contributed by atoms with Crippen LogP contribution in [0.2, 0.25) is 0 Å². The van der Waals surface area contributed by atoms with Crippen molar-refractivity contribution in [2.45, 2.75) is 6.10 Å². The molecule has 2 nitrogen and oxygen atoms in total. The monoisotopic (exact) mass is 243 g/mol. The Labute approximate surface area is 104 Å². The molecule has 0 spiro atoms. The van der Waals surface area contributed by atoms with Gasteiger partial charge in [0.1, 0.15) is 6.10 Å². The SMILES string of the molecule is COC(c1cccs1)c1c[nH]c2ccccc12. The van der Waals surface area contributed by atoms with Gasteiger partial charge in [0.25, 0.3) is 0 Å². The lowest BCUT2D eigenvalue weighted by atomic mass is 10.1. The van der Waals surface area contributed by atoms with Crippen molar-refractivity contribution in [3.63, 3.8) is 0 Å². The first-order valence-corrected chi connectivity index (χ1v) is 6.40. The van der Waals surface area contributed by atoms with E-state index in [1.54, 1.807) is 18.4 Å². The second kappa shape index (κ2) is 4.35. The number of fused-ring (bicyclic) bond motifs is 1.